The van der Waals surface area contributed by atoms with Crippen molar-refractivity contribution >= 4 is 23.8 Å². The molecular weight excluding hydrogens is 237 g/mol. The van der Waals surface area contributed by atoms with Crippen LogP contribution in [0.25, 0.3) is 11.4 Å². The number of hydrogen-bond donors (Lipinski definition) is 1. The van der Waals surface area contributed by atoms with Gasteiger partial charge in [-0.3, -0.25) is 9.78 Å². The minimum absolute atomic E-state index is 0.305. The number of hydrogen-bond acceptors (Lipinski definition) is 2. The topological polar surface area (TPSA) is 33.6 Å². The SMILES string of the molecule is Cn1[nH]c(-c2ccc(F)cc2Cl)nc1=S. The summed E-state index contributed by atoms with van der Waals surface area (Å²) in [5.41, 5.74) is 0.629. The first-order chi connectivity index (χ1) is 7.08. The van der Waals surface area contributed by atoms with E-state index in [-0.39, 0.29) is 5.82 Å². The van der Waals surface area contributed by atoms with Crippen LogP contribution in [0.2, 0.25) is 5.02 Å². The molecular formula is C9H7ClFN3S. The number of aromatic nitrogens is 3. The predicted octanol–water partition coefficient (Wildman–Crippen LogP) is 2.94. The van der Waals surface area contributed by atoms with E-state index in [1.165, 1.54) is 12.1 Å². The minimum atomic E-state index is -0.377. The summed E-state index contributed by atoms with van der Waals surface area (Å²) in [6.07, 6.45) is 0. The fraction of sp³-hybridized carbons (Fsp3) is 0.111. The number of aryl methyl sites for hydroxylation is 1. The van der Waals surface area contributed by atoms with Crippen LogP contribution in [0.1, 0.15) is 0 Å². The summed E-state index contributed by atoms with van der Waals surface area (Å²) in [4.78, 5) is 4.09. The Bertz CT molecular complexity index is 561. The first-order valence-electron chi connectivity index (χ1n) is 4.16. The molecule has 0 radical (unpaired) electrons. The van der Waals surface area contributed by atoms with E-state index in [0.717, 1.165) is 0 Å². The molecule has 0 spiro atoms. The van der Waals surface area contributed by atoms with Gasteiger partial charge in [0, 0.05) is 12.6 Å². The van der Waals surface area contributed by atoms with E-state index >= 15 is 0 Å². The third-order valence-electron chi connectivity index (χ3n) is 1.95. The lowest BCUT2D eigenvalue weighted by molar-refractivity contribution is 0.628. The van der Waals surface area contributed by atoms with Crippen molar-refractivity contribution in [2.24, 2.45) is 7.05 Å². The highest BCUT2D eigenvalue weighted by Gasteiger charge is 2.08. The number of benzene rings is 1. The van der Waals surface area contributed by atoms with Crippen molar-refractivity contribution in [1.82, 2.24) is 14.8 Å². The smallest absolute Gasteiger partial charge is 0.216 e. The van der Waals surface area contributed by atoms with Gasteiger partial charge in [0.25, 0.3) is 0 Å². The van der Waals surface area contributed by atoms with Crippen molar-refractivity contribution in [3.63, 3.8) is 0 Å². The standard InChI is InChI=1S/C9H7ClFN3S/c1-14-9(15)12-8(13-14)6-3-2-5(11)4-7(6)10/h2-4H,1H3,(H,12,13,15). The molecule has 1 N–H and O–H groups in total. The van der Waals surface area contributed by atoms with Crippen molar-refractivity contribution in [2.45, 2.75) is 0 Å². The average Bonchev–Trinajstić information content (AvgIpc) is 2.46. The first kappa shape index (κ1) is 10.3. The fourth-order valence-corrected chi connectivity index (χ4v) is 1.60. The second-order valence-corrected chi connectivity index (χ2v) is 3.81. The average molecular weight is 244 g/mol. The Morgan fingerprint density at radius 3 is 2.80 bits per heavy atom. The molecule has 1 heterocycles. The van der Waals surface area contributed by atoms with Crippen LogP contribution in [0.5, 0.6) is 0 Å². The molecule has 78 valence electrons. The molecule has 0 unspecified atom stereocenters. The highest BCUT2D eigenvalue weighted by molar-refractivity contribution is 7.71. The third kappa shape index (κ3) is 1.93. The van der Waals surface area contributed by atoms with Gasteiger partial charge in [-0.05, 0) is 30.4 Å². The van der Waals surface area contributed by atoms with E-state index in [9.17, 15) is 4.39 Å². The molecule has 0 saturated carbocycles. The van der Waals surface area contributed by atoms with Gasteiger partial charge < -0.3 is 0 Å². The molecule has 0 aliphatic heterocycles. The van der Waals surface area contributed by atoms with Crippen LogP contribution in [-0.2, 0) is 7.05 Å². The molecule has 0 atom stereocenters. The van der Waals surface area contributed by atoms with Crippen molar-refractivity contribution in [1.29, 1.82) is 0 Å². The highest BCUT2D eigenvalue weighted by Crippen LogP contribution is 2.25. The molecule has 1 aromatic heterocycles. The zero-order chi connectivity index (χ0) is 11.0. The first-order valence-corrected chi connectivity index (χ1v) is 4.95. The Balaban J connectivity index is 2.59. The van der Waals surface area contributed by atoms with E-state index in [0.29, 0.717) is 21.2 Å². The van der Waals surface area contributed by atoms with E-state index in [2.05, 4.69) is 10.1 Å². The molecule has 0 saturated heterocycles. The summed E-state index contributed by atoms with van der Waals surface area (Å²) in [6, 6.07) is 4.13. The maximum absolute atomic E-state index is 12.8. The van der Waals surface area contributed by atoms with Crippen LogP contribution < -0.4 is 0 Å². The number of nitrogens with one attached hydrogen (secondary N) is 1. The normalized spacial score (nSPS) is 10.6. The lowest BCUT2D eigenvalue weighted by Gasteiger charge is -1.99. The second kappa shape index (κ2) is 3.75. The molecule has 0 aliphatic rings. The molecule has 0 aliphatic carbocycles. The largest absolute Gasteiger partial charge is 0.279 e. The summed E-state index contributed by atoms with van der Waals surface area (Å²) in [6.45, 7) is 0. The molecule has 3 nitrogen and oxygen atoms in total. The van der Waals surface area contributed by atoms with Gasteiger partial charge in [0.2, 0.25) is 4.77 Å². The van der Waals surface area contributed by atoms with Crippen LogP contribution in [-0.4, -0.2) is 14.8 Å². The lowest BCUT2D eigenvalue weighted by atomic mass is 10.2. The number of rotatable bonds is 1. The minimum Gasteiger partial charge on any atom is -0.279 e. The molecule has 0 fully saturated rings. The van der Waals surface area contributed by atoms with Crippen LogP contribution >= 0.6 is 23.8 Å². The Kier molecular flexibility index (Phi) is 2.58. The van der Waals surface area contributed by atoms with Crippen LogP contribution in [0.15, 0.2) is 18.2 Å². The van der Waals surface area contributed by atoms with E-state index in [1.54, 1.807) is 17.8 Å². The maximum Gasteiger partial charge on any atom is 0.216 e. The summed E-state index contributed by atoms with van der Waals surface area (Å²) in [5.74, 6) is 0.158. The number of halogens is 2. The summed E-state index contributed by atoms with van der Waals surface area (Å²) < 4.78 is 14.8. The van der Waals surface area contributed by atoms with Gasteiger partial charge in [-0.2, -0.15) is 4.98 Å². The van der Waals surface area contributed by atoms with E-state index in [1.807, 2.05) is 0 Å². The molecule has 6 heteroatoms. The molecule has 1 aromatic carbocycles. The fourth-order valence-electron chi connectivity index (χ4n) is 1.20. The Labute approximate surface area is 95.5 Å². The zero-order valence-electron chi connectivity index (χ0n) is 7.79. The zero-order valence-corrected chi connectivity index (χ0v) is 9.36. The Hall–Kier alpha value is -1.20. The van der Waals surface area contributed by atoms with Crippen molar-refractivity contribution in [2.75, 3.05) is 0 Å². The predicted molar refractivity (Wildman–Crippen MR) is 58.8 cm³/mol. The number of nitrogens with zero attached hydrogens (tertiary/aromatic N) is 2. The van der Waals surface area contributed by atoms with Gasteiger partial charge in [-0.15, -0.1) is 0 Å². The maximum atomic E-state index is 12.8. The van der Waals surface area contributed by atoms with Crippen molar-refractivity contribution in [3.8, 4) is 11.4 Å². The van der Waals surface area contributed by atoms with Crippen LogP contribution in [0.4, 0.5) is 4.39 Å². The third-order valence-corrected chi connectivity index (χ3v) is 2.63. The summed E-state index contributed by atoms with van der Waals surface area (Å²) in [7, 11) is 1.75. The van der Waals surface area contributed by atoms with Crippen LogP contribution in [0, 0.1) is 10.6 Å². The molecule has 2 rings (SSSR count). The summed E-state index contributed by atoms with van der Waals surface area (Å²) in [5, 5.41) is 3.22. The van der Waals surface area contributed by atoms with E-state index in [4.69, 9.17) is 23.8 Å². The van der Waals surface area contributed by atoms with Crippen molar-refractivity contribution in [3.05, 3.63) is 33.8 Å². The van der Waals surface area contributed by atoms with Crippen LogP contribution in [0.3, 0.4) is 0 Å². The van der Waals surface area contributed by atoms with Gasteiger partial charge in [0.05, 0.1) is 5.02 Å². The molecule has 0 bridgehead atoms. The number of H-pyrrole nitrogens is 1. The highest BCUT2D eigenvalue weighted by atomic mass is 35.5. The quantitative estimate of drug-likeness (QED) is 0.782. The molecule has 2 aromatic rings. The van der Waals surface area contributed by atoms with Gasteiger partial charge in [0.15, 0.2) is 5.82 Å². The monoisotopic (exact) mass is 243 g/mol. The van der Waals surface area contributed by atoms with Gasteiger partial charge >= 0.3 is 0 Å². The van der Waals surface area contributed by atoms with E-state index < -0.39 is 0 Å². The molecule has 0 amide bonds. The molecule has 15 heavy (non-hydrogen) atoms. The van der Waals surface area contributed by atoms with Crippen molar-refractivity contribution < 1.29 is 4.39 Å². The van der Waals surface area contributed by atoms with Gasteiger partial charge in [-0.1, -0.05) is 11.6 Å². The Morgan fingerprint density at radius 1 is 1.53 bits per heavy atom. The van der Waals surface area contributed by atoms with Gasteiger partial charge in [-0.25, -0.2) is 4.39 Å². The van der Waals surface area contributed by atoms with Gasteiger partial charge in [0.1, 0.15) is 5.82 Å². The lowest BCUT2D eigenvalue weighted by Crippen LogP contribution is -1.90. The second-order valence-electron chi connectivity index (χ2n) is 3.04. The number of aromatic amines is 1. The summed E-state index contributed by atoms with van der Waals surface area (Å²) >= 11 is 10.8. The Morgan fingerprint density at radius 2 is 2.27 bits per heavy atom.